The third-order valence-corrected chi connectivity index (χ3v) is 2.98. The Morgan fingerprint density at radius 2 is 1.76 bits per heavy atom. The first-order valence-corrected chi connectivity index (χ1v) is 7.13. The van der Waals surface area contributed by atoms with Crippen molar-refractivity contribution in [2.45, 2.75) is 27.1 Å². The lowest BCUT2D eigenvalue weighted by Crippen LogP contribution is -2.21. The summed E-state index contributed by atoms with van der Waals surface area (Å²) in [5, 5.41) is 0. The summed E-state index contributed by atoms with van der Waals surface area (Å²) in [6, 6.07) is 5.73. The highest BCUT2D eigenvalue weighted by atomic mass is 16.7. The van der Waals surface area contributed by atoms with Crippen LogP contribution in [0.25, 0.3) is 0 Å². The van der Waals surface area contributed by atoms with Crippen LogP contribution in [0.4, 0.5) is 0 Å². The third-order valence-electron chi connectivity index (χ3n) is 2.98. The molecule has 0 unspecified atom stereocenters. The van der Waals surface area contributed by atoms with E-state index in [4.69, 9.17) is 18.9 Å². The Hall–Kier alpha value is -1.59. The summed E-state index contributed by atoms with van der Waals surface area (Å²) in [4.78, 5) is 4.55. The predicted molar refractivity (Wildman–Crippen MR) is 83.7 cm³/mol. The Morgan fingerprint density at radius 3 is 2.29 bits per heavy atom. The molecule has 1 rings (SSSR count). The number of hydrogen-bond acceptors (Lipinski definition) is 5. The Kier molecular flexibility index (Phi) is 7.79. The maximum atomic E-state index is 5.48. The molecule has 0 fully saturated rings. The van der Waals surface area contributed by atoms with Crippen LogP contribution in [-0.2, 0) is 9.47 Å². The number of aliphatic imine (C=N–C) groups is 1. The average molecular weight is 295 g/mol. The zero-order valence-corrected chi connectivity index (χ0v) is 13.5. The van der Waals surface area contributed by atoms with Crippen LogP contribution in [0.3, 0.4) is 0 Å². The molecule has 0 bridgehead atoms. The average Bonchev–Trinajstić information content (AvgIpc) is 2.51. The molecule has 0 aliphatic carbocycles. The van der Waals surface area contributed by atoms with Crippen LogP contribution in [0.15, 0.2) is 23.2 Å². The standard InChI is InChI=1S/C16H25NO4/c1-6-20-15(21-7-2)11-17-12(3)13-9-8-10-14(18-4)16(13)19-5/h8-10,15H,6-7,11H2,1-5H3. The number of rotatable bonds is 9. The van der Waals surface area contributed by atoms with Gasteiger partial charge in [0.2, 0.25) is 0 Å². The second-order valence-electron chi connectivity index (χ2n) is 4.31. The molecule has 0 saturated heterocycles. The zero-order valence-electron chi connectivity index (χ0n) is 13.5. The van der Waals surface area contributed by atoms with Crippen LogP contribution >= 0.6 is 0 Å². The van der Waals surface area contributed by atoms with Crippen molar-refractivity contribution in [2.75, 3.05) is 34.0 Å². The number of benzene rings is 1. The van der Waals surface area contributed by atoms with Gasteiger partial charge in [0, 0.05) is 24.5 Å². The van der Waals surface area contributed by atoms with Gasteiger partial charge in [0.25, 0.3) is 0 Å². The van der Waals surface area contributed by atoms with Crippen LogP contribution in [0.1, 0.15) is 26.3 Å². The molecule has 0 aliphatic rings. The van der Waals surface area contributed by atoms with E-state index in [1.807, 2.05) is 39.0 Å². The molecular formula is C16H25NO4. The van der Waals surface area contributed by atoms with E-state index in [0.29, 0.717) is 31.3 Å². The lowest BCUT2D eigenvalue weighted by atomic mass is 10.1. The van der Waals surface area contributed by atoms with E-state index in [1.165, 1.54) is 0 Å². The fourth-order valence-electron chi connectivity index (χ4n) is 1.99. The third kappa shape index (κ3) is 5.02. The van der Waals surface area contributed by atoms with Gasteiger partial charge in [-0.05, 0) is 32.9 Å². The molecule has 118 valence electrons. The lowest BCUT2D eigenvalue weighted by Gasteiger charge is -2.16. The normalized spacial score (nSPS) is 11.8. The number of methoxy groups -OCH3 is 2. The van der Waals surface area contributed by atoms with Gasteiger partial charge in [-0.15, -0.1) is 0 Å². The van der Waals surface area contributed by atoms with Gasteiger partial charge < -0.3 is 18.9 Å². The highest BCUT2D eigenvalue weighted by molar-refractivity contribution is 6.01. The number of hydrogen-bond donors (Lipinski definition) is 0. The van der Waals surface area contributed by atoms with E-state index in [9.17, 15) is 0 Å². The van der Waals surface area contributed by atoms with Crippen LogP contribution in [0.5, 0.6) is 11.5 Å². The summed E-state index contributed by atoms with van der Waals surface area (Å²) in [6.07, 6.45) is -0.313. The summed E-state index contributed by atoms with van der Waals surface area (Å²) in [5.41, 5.74) is 1.76. The Bertz CT molecular complexity index is 454. The van der Waals surface area contributed by atoms with Gasteiger partial charge >= 0.3 is 0 Å². The van der Waals surface area contributed by atoms with E-state index in [-0.39, 0.29) is 6.29 Å². The van der Waals surface area contributed by atoms with Gasteiger partial charge in [-0.1, -0.05) is 6.07 Å². The van der Waals surface area contributed by atoms with Crippen LogP contribution in [0, 0.1) is 0 Å². The number of ether oxygens (including phenoxy) is 4. The minimum atomic E-state index is -0.313. The van der Waals surface area contributed by atoms with Gasteiger partial charge in [0.05, 0.1) is 20.8 Å². The van der Waals surface area contributed by atoms with Crippen molar-refractivity contribution >= 4 is 5.71 Å². The molecule has 0 amide bonds. The van der Waals surface area contributed by atoms with Crippen LogP contribution in [-0.4, -0.2) is 46.0 Å². The molecule has 0 spiro atoms. The topological polar surface area (TPSA) is 49.3 Å². The summed E-state index contributed by atoms with van der Waals surface area (Å²) >= 11 is 0. The van der Waals surface area contributed by atoms with Crippen molar-refractivity contribution in [2.24, 2.45) is 4.99 Å². The second kappa shape index (κ2) is 9.37. The van der Waals surface area contributed by atoms with Crippen molar-refractivity contribution in [3.05, 3.63) is 23.8 Å². The maximum Gasteiger partial charge on any atom is 0.176 e. The minimum Gasteiger partial charge on any atom is -0.493 e. The van der Waals surface area contributed by atoms with Crippen molar-refractivity contribution in [1.29, 1.82) is 0 Å². The first-order chi connectivity index (χ1) is 10.2. The number of nitrogens with zero attached hydrogens (tertiary/aromatic N) is 1. The summed E-state index contributed by atoms with van der Waals surface area (Å²) in [7, 11) is 3.24. The molecule has 0 radical (unpaired) electrons. The van der Waals surface area contributed by atoms with Gasteiger partial charge in [0.1, 0.15) is 0 Å². The maximum absolute atomic E-state index is 5.48. The molecule has 0 aromatic heterocycles. The van der Waals surface area contributed by atoms with Gasteiger partial charge in [-0.2, -0.15) is 0 Å². The van der Waals surface area contributed by atoms with Gasteiger partial charge in [0.15, 0.2) is 17.8 Å². The van der Waals surface area contributed by atoms with E-state index < -0.39 is 0 Å². The van der Waals surface area contributed by atoms with Crippen molar-refractivity contribution in [3.8, 4) is 11.5 Å². The molecule has 0 atom stereocenters. The molecule has 0 heterocycles. The zero-order chi connectivity index (χ0) is 15.7. The summed E-state index contributed by atoms with van der Waals surface area (Å²) < 4.78 is 21.7. The van der Waals surface area contributed by atoms with E-state index in [2.05, 4.69) is 4.99 Å². The van der Waals surface area contributed by atoms with Crippen LogP contribution < -0.4 is 9.47 Å². The molecular weight excluding hydrogens is 270 g/mol. The minimum absolute atomic E-state index is 0.313. The Balaban J connectivity index is 2.91. The molecule has 21 heavy (non-hydrogen) atoms. The monoisotopic (exact) mass is 295 g/mol. The summed E-state index contributed by atoms with van der Waals surface area (Å²) in [6.45, 7) is 7.46. The largest absolute Gasteiger partial charge is 0.493 e. The fraction of sp³-hybridized carbons (Fsp3) is 0.562. The summed E-state index contributed by atoms with van der Waals surface area (Å²) in [5.74, 6) is 1.38. The second-order valence-corrected chi connectivity index (χ2v) is 4.31. The predicted octanol–water partition coefficient (Wildman–Crippen LogP) is 2.91. The molecule has 1 aromatic rings. The quantitative estimate of drug-likeness (QED) is 0.519. The van der Waals surface area contributed by atoms with Gasteiger partial charge in [-0.3, -0.25) is 4.99 Å². The molecule has 0 aliphatic heterocycles. The lowest BCUT2D eigenvalue weighted by molar-refractivity contribution is -0.128. The van der Waals surface area contributed by atoms with E-state index in [0.717, 1.165) is 11.3 Å². The Morgan fingerprint density at radius 1 is 1.10 bits per heavy atom. The first-order valence-electron chi connectivity index (χ1n) is 7.13. The Labute approximate surface area is 126 Å². The van der Waals surface area contributed by atoms with Crippen molar-refractivity contribution in [3.63, 3.8) is 0 Å². The van der Waals surface area contributed by atoms with Crippen molar-refractivity contribution in [1.82, 2.24) is 0 Å². The van der Waals surface area contributed by atoms with Crippen molar-refractivity contribution < 1.29 is 18.9 Å². The highest BCUT2D eigenvalue weighted by Crippen LogP contribution is 2.31. The molecule has 1 aromatic carbocycles. The first kappa shape index (κ1) is 17.5. The van der Waals surface area contributed by atoms with Gasteiger partial charge in [-0.25, -0.2) is 0 Å². The highest BCUT2D eigenvalue weighted by Gasteiger charge is 2.13. The fourth-order valence-corrected chi connectivity index (χ4v) is 1.99. The van der Waals surface area contributed by atoms with E-state index in [1.54, 1.807) is 14.2 Å². The number of para-hydroxylation sites is 1. The molecule has 5 nitrogen and oxygen atoms in total. The SMILES string of the molecule is CCOC(CN=C(C)c1cccc(OC)c1OC)OCC. The smallest absolute Gasteiger partial charge is 0.176 e. The van der Waals surface area contributed by atoms with Crippen LogP contribution in [0.2, 0.25) is 0 Å². The molecule has 0 N–H and O–H groups in total. The molecule has 5 heteroatoms. The molecule has 0 saturated carbocycles. The van der Waals surface area contributed by atoms with E-state index >= 15 is 0 Å².